The van der Waals surface area contributed by atoms with Crippen LogP contribution in [0.4, 0.5) is 0 Å². The van der Waals surface area contributed by atoms with Crippen LogP contribution in [0.1, 0.15) is 19.8 Å². The standard InChI is InChI=1S/C9H19NOS/c1-8(10)3-5-12-7-9-2-4-11-6-9/h8-9H,2-7,10H2,1H3. The number of rotatable bonds is 5. The number of nitrogens with two attached hydrogens (primary N) is 1. The van der Waals surface area contributed by atoms with Crippen LogP contribution < -0.4 is 5.73 Å². The molecule has 2 atom stereocenters. The van der Waals surface area contributed by atoms with E-state index >= 15 is 0 Å². The molecule has 12 heavy (non-hydrogen) atoms. The maximum atomic E-state index is 5.65. The van der Waals surface area contributed by atoms with Crippen molar-refractivity contribution in [3.63, 3.8) is 0 Å². The maximum absolute atomic E-state index is 5.65. The van der Waals surface area contributed by atoms with Crippen LogP contribution in [-0.2, 0) is 4.74 Å². The zero-order valence-electron chi connectivity index (χ0n) is 7.79. The Hall–Kier alpha value is 0.270. The summed E-state index contributed by atoms with van der Waals surface area (Å²) in [6.07, 6.45) is 2.39. The highest BCUT2D eigenvalue weighted by Crippen LogP contribution is 2.18. The SMILES string of the molecule is CC(N)CCSCC1CCOC1. The van der Waals surface area contributed by atoms with E-state index in [0.717, 1.165) is 25.6 Å². The average Bonchev–Trinajstić information content (AvgIpc) is 2.49. The lowest BCUT2D eigenvalue weighted by molar-refractivity contribution is 0.189. The summed E-state index contributed by atoms with van der Waals surface area (Å²) in [6, 6.07) is 0.359. The third-order valence-electron chi connectivity index (χ3n) is 2.10. The van der Waals surface area contributed by atoms with Gasteiger partial charge in [-0.15, -0.1) is 0 Å². The molecule has 72 valence electrons. The second-order valence-corrected chi connectivity index (χ2v) is 4.72. The van der Waals surface area contributed by atoms with Crippen LogP contribution >= 0.6 is 11.8 Å². The normalized spacial score (nSPS) is 26.0. The van der Waals surface area contributed by atoms with Gasteiger partial charge < -0.3 is 10.5 Å². The van der Waals surface area contributed by atoms with Gasteiger partial charge in [-0.2, -0.15) is 11.8 Å². The quantitative estimate of drug-likeness (QED) is 0.666. The Kier molecular flexibility index (Phi) is 5.04. The fourth-order valence-electron chi connectivity index (χ4n) is 1.23. The fraction of sp³-hybridized carbons (Fsp3) is 1.00. The van der Waals surface area contributed by atoms with E-state index in [-0.39, 0.29) is 0 Å². The summed E-state index contributed by atoms with van der Waals surface area (Å²) < 4.78 is 5.30. The zero-order chi connectivity index (χ0) is 8.81. The van der Waals surface area contributed by atoms with Gasteiger partial charge in [0, 0.05) is 12.6 Å². The highest BCUT2D eigenvalue weighted by atomic mass is 32.2. The number of hydrogen-bond donors (Lipinski definition) is 1. The van der Waals surface area contributed by atoms with Crippen molar-refractivity contribution in [2.45, 2.75) is 25.8 Å². The lowest BCUT2D eigenvalue weighted by Crippen LogP contribution is -2.15. The first-order chi connectivity index (χ1) is 5.79. The molecule has 2 N–H and O–H groups in total. The van der Waals surface area contributed by atoms with Gasteiger partial charge in [0.25, 0.3) is 0 Å². The van der Waals surface area contributed by atoms with Gasteiger partial charge in [0.05, 0.1) is 6.61 Å². The molecule has 1 aliphatic rings. The molecule has 0 radical (unpaired) electrons. The van der Waals surface area contributed by atoms with Crippen LogP contribution in [0.3, 0.4) is 0 Å². The van der Waals surface area contributed by atoms with Crippen LogP contribution in [0, 0.1) is 5.92 Å². The first-order valence-electron chi connectivity index (χ1n) is 4.70. The first kappa shape index (κ1) is 10.4. The summed E-state index contributed by atoms with van der Waals surface area (Å²) in [4.78, 5) is 0. The molecule has 0 aliphatic carbocycles. The predicted molar refractivity (Wildman–Crippen MR) is 54.5 cm³/mol. The lowest BCUT2D eigenvalue weighted by atomic mass is 10.2. The molecule has 1 saturated heterocycles. The van der Waals surface area contributed by atoms with E-state index in [4.69, 9.17) is 10.5 Å². The molecule has 0 spiro atoms. The minimum Gasteiger partial charge on any atom is -0.381 e. The molecule has 0 saturated carbocycles. The summed E-state index contributed by atoms with van der Waals surface area (Å²) in [7, 11) is 0. The Balaban J connectivity index is 1.88. The molecule has 0 aromatic heterocycles. The van der Waals surface area contributed by atoms with Crippen molar-refractivity contribution in [2.24, 2.45) is 11.7 Å². The number of thioether (sulfide) groups is 1. The molecule has 1 heterocycles. The largest absolute Gasteiger partial charge is 0.381 e. The van der Waals surface area contributed by atoms with Crippen LogP contribution in [-0.4, -0.2) is 30.8 Å². The van der Waals surface area contributed by atoms with Crippen molar-refractivity contribution >= 4 is 11.8 Å². The Morgan fingerprint density at radius 1 is 1.67 bits per heavy atom. The van der Waals surface area contributed by atoms with Crippen molar-refractivity contribution in [2.75, 3.05) is 24.7 Å². The molecule has 0 bridgehead atoms. The van der Waals surface area contributed by atoms with E-state index in [9.17, 15) is 0 Å². The molecule has 1 fully saturated rings. The summed E-state index contributed by atoms with van der Waals surface area (Å²) >= 11 is 2.02. The molecule has 1 rings (SSSR count). The van der Waals surface area contributed by atoms with Crippen LogP contribution in [0.25, 0.3) is 0 Å². The van der Waals surface area contributed by atoms with Gasteiger partial charge in [0.1, 0.15) is 0 Å². The fourth-order valence-corrected chi connectivity index (χ4v) is 2.54. The lowest BCUT2D eigenvalue weighted by Gasteiger charge is -2.07. The summed E-state index contributed by atoms with van der Waals surface area (Å²) in [6.45, 7) is 4.02. The highest BCUT2D eigenvalue weighted by Gasteiger charge is 2.14. The van der Waals surface area contributed by atoms with E-state index in [1.807, 2.05) is 11.8 Å². The van der Waals surface area contributed by atoms with E-state index in [0.29, 0.717) is 6.04 Å². The zero-order valence-corrected chi connectivity index (χ0v) is 8.61. The van der Waals surface area contributed by atoms with Gasteiger partial charge in [0.15, 0.2) is 0 Å². The van der Waals surface area contributed by atoms with Gasteiger partial charge in [0.2, 0.25) is 0 Å². The van der Waals surface area contributed by atoms with Crippen molar-refractivity contribution in [1.29, 1.82) is 0 Å². The van der Waals surface area contributed by atoms with Gasteiger partial charge >= 0.3 is 0 Å². The molecule has 1 aliphatic heterocycles. The van der Waals surface area contributed by atoms with E-state index < -0.39 is 0 Å². The van der Waals surface area contributed by atoms with Crippen LogP contribution in [0.5, 0.6) is 0 Å². The highest BCUT2D eigenvalue weighted by molar-refractivity contribution is 7.99. The number of hydrogen-bond acceptors (Lipinski definition) is 3. The Labute approximate surface area is 79.2 Å². The molecule has 2 unspecified atom stereocenters. The maximum Gasteiger partial charge on any atom is 0.0503 e. The van der Waals surface area contributed by atoms with Crippen LogP contribution in [0.15, 0.2) is 0 Å². The summed E-state index contributed by atoms with van der Waals surface area (Å²) in [5, 5.41) is 0. The Morgan fingerprint density at radius 3 is 3.08 bits per heavy atom. The minimum absolute atomic E-state index is 0.359. The van der Waals surface area contributed by atoms with Crippen LogP contribution in [0.2, 0.25) is 0 Å². The van der Waals surface area contributed by atoms with Crippen molar-refractivity contribution in [3.8, 4) is 0 Å². The first-order valence-corrected chi connectivity index (χ1v) is 5.85. The third kappa shape index (κ3) is 4.33. The topological polar surface area (TPSA) is 35.2 Å². The molecule has 3 heteroatoms. The molecule has 0 amide bonds. The Bertz CT molecular complexity index is 113. The van der Waals surface area contributed by atoms with Crippen molar-refractivity contribution in [1.82, 2.24) is 0 Å². The smallest absolute Gasteiger partial charge is 0.0503 e. The summed E-state index contributed by atoms with van der Waals surface area (Å²) in [5.74, 6) is 3.27. The molecular formula is C9H19NOS. The molecule has 2 nitrogen and oxygen atoms in total. The second kappa shape index (κ2) is 5.84. The van der Waals surface area contributed by atoms with E-state index in [1.165, 1.54) is 17.9 Å². The van der Waals surface area contributed by atoms with Gasteiger partial charge in [-0.05, 0) is 37.2 Å². The van der Waals surface area contributed by atoms with Gasteiger partial charge in [-0.3, -0.25) is 0 Å². The molecule has 0 aromatic rings. The monoisotopic (exact) mass is 189 g/mol. The van der Waals surface area contributed by atoms with Crippen molar-refractivity contribution in [3.05, 3.63) is 0 Å². The minimum atomic E-state index is 0.359. The molecular weight excluding hydrogens is 170 g/mol. The van der Waals surface area contributed by atoms with E-state index in [2.05, 4.69) is 6.92 Å². The van der Waals surface area contributed by atoms with Crippen molar-refractivity contribution < 1.29 is 4.74 Å². The Morgan fingerprint density at radius 2 is 2.50 bits per heavy atom. The average molecular weight is 189 g/mol. The van der Waals surface area contributed by atoms with E-state index in [1.54, 1.807) is 0 Å². The van der Waals surface area contributed by atoms with Gasteiger partial charge in [-0.1, -0.05) is 0 Å². The number of ether oxygens (including phenoxy) is 1. The third-order valence-corrected chi connectivity index (χ3v) is 3.33. The molecule has 0 aromatic carbocycles. The summed E-state index contributed by atoms with van der Waals surface area (Å²) in [5.41, 5.74) is 5.65. The second-order valence-electron chi connectivity index (χ2n) is 3.57. The van der Waals surface area contributed by atoms with Gasteiger partial charge in [-0.25, -0.2) is 0 Å². The predicted octanol–water partition coefficient (Wildman–Crippen LogP) is 1.49.